The first kappa shape index (κ1) is 33.6. The molecule has 0 radical (unpaired) electrons. The van der Waals surface area contributed by atoms with Crippen molar-refractivity contribution in [1.29, 1.82) is 0 Å². The van der Waals surface area contributed by atoms with E-state index in [0.717, 1.165) is 74.4 Å². The topological polar surface area (TPSA) is 142 Å². The van der Waals surface area contributed by atoms with Gasteiger partial charge in [0.25, 0.3) is 0 Å². The molecule has 0 spiro atoms. The summed E-state index contributed by atoms with van der Waals surface area (Å²) in [4.78, 5) is 45.2. The Morgan fingerprint density at radius 1 is 0.432 bits per heavy atom. The number of ether oxygens (including phenoxy) is 8. The fourth-order valence-electron chi connectivity index (χ4n) is 2.78. The molecule has 2 aromatic carbocycles. The summed E-state index contributed by atoms with van der Waals surface area (Å²) in [7, 11) is 0. The second kappa shape index (κ2) is 18.7. The molecule has 0 heterocycles. The number of rotatable bonds is 17. The monoisotopic (exact) mass is 602 g/mol. The van der Waals surface area contributed by atoms with Gasteiger partial charge in [-0.05, 0) is 24.3 Å². The van der Waals surface area contributed by atoms with E-state index in [1.165, 1.54) is 12.1 Å². The lowest BCUT2D eigenvalue weighted by Gasteiger charge is -2.15. The predicted octanol–water partition coefficient (Wildman–Crippen LogP) is 5.67. The molecule has 2 aromatic rings. The maximum atomic E-state index is 11.4. The summed E-state index contributed by atoms with van der Waals surface area (Å²) < 4.78 is 41.4. The van der Waals surface area contributed by atoms with Gasteiger partial charge < -0.3 is 37.9 Å². The highest BCUT2D eigenvalue weighted by Crippen LogP contribution is 2.40. The lowest BCUT2D eigenvalue weighted by molar-refractivity contribution is -0.133. The van der Waals surface area contributed by atoms with Gasteiger partial charge >= 0.3 is 23.9 Å². The minimum absolute atomic E-state index is 0.196. The Hall–Kier alpha value is -6.56. The van der Waals surface area contributed by atoms with Gasteiger partial charge in [-0.15, -0.1) is 0 Å². The maximum Gasteiger partial charge on any atom is 0.335 e. The fraction of sp³-hybridized carbons (Fsp3) is 0. The van der Waals surface area contributed by atoms with Crippen LogP contribution in [-0.4, -0.2) is 23.9 Å². The van der Waals surface area contributed by atoms with Crippen LogP contribution in [0, 0.1) is 0 Å². The maximum absolute atomic E-state index is 11.4. The Bertz CT molecular complexity index is 1400. The summed E-state index contributed by atoms with van der Waals surface area (Å²) in [6, 6.07) is 9.38. The molecule has 0 atom stereocenters. The molecule has 0 amide bonds. The number of carbonyl (C=O) groups is 4. The SMILES string of the molecule is C=CC(=O)OC=COc1ccc(-c2ccc(OC=COC(=O)C=C)cc2OC=COC(=O)C=C)c(OC=COC(=O)C=C)c1. The first-order valence-electron chi connectivity index (χ1n) is 12.2. The molecule has 12 heteroatoms. The van der Waals surface area contributed by atoms with E-state index in [1.807, 2.05) is 0 Å². The minimum Gasteiger partial charge on any atom is -0.462 e. The number of esters is 4. The summed E-state index contributed by atoms with van der Waals surface area (Å²) in [5.74, 6) is -1.83. The Labute approximate surface area is 252 Å². The Kier molecular flexibility index (Phi) is 14.3. The van der Waals surface area contributed by atoms with Crippen LogP contribution in [0.4, 0.5) is 0 Å². The van der Waals surface area contributed by atoms with Gasteiger partial charge in [0.2, 0.25) is 0 Å². The van der Waals surface area contributed by atoms with Crippen molar-refractivity contribution in [1.82, 2.24) is 0 Å². The molecule has 0 unspecified atom stereocenters. The standard InChI is InChI=1S/C32H26O12/c1-5-29(33)41-17-13-37-23-9-11-25(27(21-23)39-15-19-43-31(35)7-3)26-12-10-24(38-14-18-42-30(34)6-2)22-28(26)40-16-20-44-32(36)8-4/h5-22H,1-4H2. The molecule has 0 aliphatic carbocycles. The molecule has 226 valence electrons. The van der Waals surface area contributed by atoms with Gasteiger partial charge in [0, 0.05) is 47.6 Å². The molecular weight excluding hydrogens is 576 g/mol. The molecule has 0 saturated heterocycles. The van der Waals surface area contributed by atoms with Gasteiger partial charge in [0.15, 0.2) is 0 Å². The second-order valence-electron chi connectivity index (χ2n) is 7.44. The number of carbonyl (C=O) groups excluding carboxylic acids is 4. The summed E-state index contributed by atoms with van der Waals surface area (Å²) >= 11 is 0. The van der Waals surface area contributed by atoms with Crippen LogP contribution >= 0.6 is 0 Å². The van der Waals surface area contributed by atoms with E-state index in [2.05, 4.69) is 26.3 Å². The van der Waals surface area contributed by atoms with Crippen LogP contribution in [0.1, 0.15) is 0 Å². The van der Waals surface area contributed by atoms with E-state index in [1.54, 1.807) is 24.3 Å². The molecular formula is C32H26O12. The van der Waals surface area contributed by atoms with Gasteiger partial charge in [-0.1, -0.05) is 26.3 Å². The quantitative estimate of drug-likeness (QED) is 0.0953. The van der Waals surface area contributed by atoms with Crippen molar-refractivity contribution in [2.45, 2.75) is 0 Å². The lowest BCUT2D eigenvalue weighted by atomic mass is 10.0. The van der Waals surface area contributed by atoms with Crippen LogP contribution in [0.2, 0.25) is 0 Å². The van der Waals surface area contributed by atoms with Crippen molar-refractivity contribution in [3.05, 3.63) is 137 Å². The summed E-state index contributed by atoms with van der Waals surface area (Å²) in [6.07, 6.45) is 12.4. The van der Waals surface area contributed by atoms with Crippen molar-refractivity contribution < 1.29 is 57.1 Å². The zero-order valence-corrected chi connectivity index (χ0v) is 23.1. The zero-order chi connectivity index (χ0) is 32.2. The average molecular weight is 603 g/mol. The van der Waals surface area contributed by atoms with Gasteiger partial charge in [0.05, 0.1) is 0 Å². The minimum atomic E-state index is -0.704. The third kappa shape index (κ3) is 11.9. The van der Waals surface area contributed by atoms with E-state index >= 15 is 0 Å². The molecule has 0 saturated carbocycles. The number of benzene rings is 2. The third-order valence-electron chi connectivity index (χ3n) is 4.62. The normalized spacial score (nSPS) is 10.6. The van der Waals surface area contributed by atoms with Gasteiger partial charge in [-0.3, -0.25) is 0 Å². The highest BCUT2D eigenvalue weighted by molar-refractivity contribution is 5.83. The highest BCUT2D eigenvalue weighted by atomic mass is 16.6. The van der Waals surface area contributed by atoms with Crippen molar-refractivity contribution in [3.8, 4) is 34.1 Å². The van der Waals surface area contributed by atoms with Crippen LogP contribution in [-0.2, 0) is 38.1 Å². The molecule has 12 nitrogen and oxygen atoms in total. The van der Waals surface area contributed by atoms with Gasteiger partial charge in [-0.25, -0.2) is 19.2 Å². The van der Waals surface area contributed by atoms with Crippen LogP contribution < -0.4 is 18.9 Å². The lowest BCUT2D eigenvalue weighted by Crippen LogP contribution is -1.97. The third-order valence-corrected chi connectivity index (χ3v) is 4.62. The van der Waals surface area contributed by atoms with Crippen molar-refractivity contribution >= 4 is 23.9 Å². The Morgan fingerprint density at radius 2 is 0.727 bits per heavy atom. The Balaban J connectivity index is 2.47. The molecule has 0 aliphatic heterocycles. The van der Waals surface area contributed by atoms with E-state index in [0.29, 0.717) is 11.1 Å². The summed E-state index contributed by atoms with van der Waals surface area (Å²) in [5.41, 5.74) is 0.903. The first-order chi connectivity index (χ1) is 21.3. The Morgan fingerprint density at radius 3 is 1.02 bits per heavy atom. The fourth-order valence-corrected chi connectivity index (χ4v) is 2.78. The number of hydrogen-bond donors (Lipinski definition) is 0. The zero-order valence-electron chi connectivity index (χ0n) is 23.1. The van der Waals surface area contributed by atoms with E-state index in [9.17, 15) is 19.2 Å². The van der Waals surface area contributed by atoms with Crippen LogP contribution in [0.5, 0.6) is 23.0 Å². The molecule has 0 aromatic heterocycles. The smallest absolute Gasteiger partial charge is 0.335 e. The van der Waals surface area contributed by atoms with E-state index < -0.39 is 23.9 Å². The molecule has 44 heavy (non-hydrogen) atoms. The molecule has 0 N–H and O–H groups in total. The van der Waals surface area contributed by atoms with E-state index in [4.69, 9.17) is 37.9 Å². The van der Waals surface area contributed by atoms with Crippen LogP contribution in [0.3, 0.4) is 0 Å². The molecule has 0 fully saturated rings. The molecule has 0 bridgehead atoms. The summed E-state index contributed by atoms with van der Waals surface area (Å²) in [5, 5.41) is 0. The van der Waals surface area contributed by atoms with Gasteiger partial charge in [-0.2, -0.15) is 0 Å². The highest BCUT2D eigenvalue weighted by Gasteiger charge is 2.15. The van der Waals surface area contributed by atoms with E-state index in [-0.39, 0.29) is 23.0 Å². The first-order valence-corrected chi connectivity index (χ1v) is 12.2. The summed E-state index contributed by atoms with van der Waals surface area (Å²) in [6.45, 7) is 13.2. The molecule has 0 aliphatic rings. The average Bonchev–Trinajstić information content (AvgIpc) is 3.05. The van der Waals surface area contributed by atoms with Crippen LogP contribution in [0.25, 0.3) is 11.1 Å². The largest absolute Gasteiger partial charge is 0.462 e. The van der Waals surface area contributed by atoms with Crippen molar-refractivity contribution in [3.63, 3.8) is 0 Å². The predicted molar refractivity (Wildman–Crippen MR) is 156 cm³/mol. The molecule has 2 rings (SSSR count). The van der Waals surface area contributed by atoms with Gasteiger partial charge in [0.1, 0.15) is 73.1 Å². The second-order valence-corrected chi connectivity index (χ2v) is 7.44. The van der Waals surface area contributed by atoms with Crippen molar-refractivity contribution in [2.75, 3.05) is 0 Å². The van der Waals surface area contributed by atoms with Crippen molar-refractivity contribution in [2.24, 2.45) is 0 Å². The number of hydrogen-bond acceptors (Lipinski definition) is 12. The van der Waals surface area contributed by atoms with Crippen LogP contribution in [0.15, 0.2) is 137 Å².